The van der Waals surface area contributed by atoms with Crippen molar-refractivity contribution in [2.75, 3.05) is 5.32 Å². The Morgan fingerprint density at radius 2 is 2.06 bits per heavy atom. The molecule has 0 fully saturated rings. The number of oxazole rings is 1. The van der Waals surface area contributed by atoms with Crippen LogP contribution in [-0.4, -0.2) is 20.9 Å². The van der Waals surface area contributed by atoms with E-state index < -0.39 is 6.09 Å². The van der Waals surface area contributed by atoms with Crippen LogP contribution in [0.2, 0.25) is 0 Å². The number of benzene rings is 1. The van der Waals surface area contributed by atoms with Crippen LogP contribution in [-0.2, 0) is 16.9 Å². The summed E-state index contributed by atoms with van der Waals surface area (Å²) in [6, 6.07) is 11.5. The SMILES string of the molecule is C=C(C)c1ncc(C2=CC(c3cc(NC(=O)OCc4ccccc4)n(C(C)(C)C)n3)CC2)o1. The zero-order valence-electron chi connectivity index (χ0n) is 19.6. The number of amides is 1. The van der Waals surface area contributed by atoms with Gasteiger partial charge in [0.2, 0.25) is 5.89 Å². The maximum absolute atomic E-state index is 12.5. The van der Waals surface area contributed by atoms with Gasteiger partial charge in [0.1, 0.15) is 12.4 Å². The number of anilines is 1. The lowest BCUT2D eigenvalue weighted by atomic mass is 10.1. The highest BCUT2D eigenvalue weighted by Gasteiger charge is 2.27. The fourth-order valence-electron chi connectivity index (χ4n) is 3.82. The van der Waals surface area contributed by atoms with E-state index in [1.165, 1.54) is 0 Å². The lowest BCUT2D eigenvalue weighted by Gasteiger charge is -2.22. The molecule has 1 aromatic carbocycles. The molecule has 0 saturated heterocycles. The molecule has 1 atom stereocenters. The molecule has 1 aliphatic carbocycles. The number of carbonyl (C=O) groups is 1. The normalized spacial score (nSPS) is 15.9. The van der Waals surface area contributed by atoms with Gasteiger partial charge in [-0.05, 0) is 51.7 Å². The van der Waals surface area contributed by atoms with E-state index in [1.807, 2.05) is 68.8 Å². The fourth-order valence-corrected chi connectivity index (χ4v) is 3.82. The van der Waals surface area contributed by atoms with E-state index in [-0.39, 0.29) is 18.1 Å². The van der Waals surface area contributed by atoms with Crippen molar-refractivity contribution in [3.8, 4) is 0 Å². The second-order valence-corrected chi connectivity index (χ2v) is 9.37. The average Bonchev–Trinajstić information content (AvgIpc) is 3.51. The molecule has 1 amide bonds. The summed E-state index contributed by atoms with van der Waals surface area (Å²) in [5.41, 5.74) is 3.44. The fraction of sp³-hybridized carbons (Fsp3) is 0.346. The van der Waals surface area contributed by atoms with E-state index in [4.69, 9.17) is 14.3 Å². The van der Waals surface area contributed by atoms with E-state index in [1.54, 1.807) is 6.20 Å². The van der Waals surface area contributed by atoms with E-state index in [2.05, 4.69) is 23.0 Å². The number of carbonyl (C=O) groups excluding carboxylic acids is 1. The minimum absolute atomic E-state index is 0.128. The topological polar surface area (TPSA) is 82.2 Å². The van der Waals surface area contributed by atoms with Crippen molar-refractivity contribution >= 4 is 23.1 Å². The molecule has 2 aromatic heterocycles. The monoisotopic (exact) mass is 446 g/mol. The first-order chi connectivity index (χ1) is 15.7. The summed E-state index contributed by atoms with van der Waals surface area (Å²) >= 11 is 0. The van der Waals surface area contributed by atoms with Crippen molar-refractivity contribution in [1.82, 2.24) is 14.8 Å². The second-order valence-electron chi connectivity index (χ2n) is 9.37. The van der Waals surface area contributed by atoms with Gasteiger partial charge in [0.05, 0.1) is 17.4 Å². The zero-order valence-corrected chi connectivity index (χ0v) is 19.6. The van der Waals surface area contributed by atoms with Gasteiger partial charge in [-0.2, -0.15) is 5.10 Å². The molecule has 0 radical (unpaired) electrons. The first-order valence-electron chi connectivity index (χ1n) is 11.1. The number of nitrogens with one attached hydrogen (secondary N) is 1. The van der Waals surface area contributed by atoms with Gasteiger partial charge in [-0.3, -0.25) is 5.32 Å². The molecule has 0 saturated carbocycles. The van der Waals surface area contributed by atoms with Gasteiger partial charge in [0.15, 0.2) is 5.76 Å². The van der Waals surface area contributed by atoms with Crippen molar-refractivity contribution in [3.05, 3.63) is 78.2 Å². The number of ether oxygens (including phenoxy) is 1. The van der Waals surface area contributed by atoms with Gasteiger partial charge in [0, 0.05) is 17.6 Å². The molecule has 2 heterocycles. The van der Waals surface area contributed by atoms with Crippen molar-refractivity contribution < 1.29 is 13.9 Å². The summed E-state index contributed by atoms with van der Waals surface area (Å²) in [6.45, 7) is 12.1. The second kappa shape index (κ2) is 9.10. The Balaban J connectivity index is 1.51. The molecule has 33 heavy (non-hydrogen) atoms. The van der Waals surface area contributed by atoms with Crippen LogP contribution in [0.5, 0.6) is 0 Å². The third kappa shape index (κ3) is 5.25. The Morgan fingerprint density at radius 3 is 2.73 bits per heavy atom. The van der Waals surface area contributed by atoms with Crippen LogP contribution in [0.4, 0.5) is 10.6 Å². The lowest BCUT2D eigenvalue weighted by Crippen LogP contribution is -2.27. The summed E-state index contributed by atoms with van der Waals surface area (Å²) in [6.07, 6.45) is 5.21. The third-order valence-electron chi connectivity index (χ3n) is 5.50. The van der Waals surface area contributed by atoms with Crippen LogP contribution in [0.15, 0.2) is 59.7 Å². The smallest absolute Gasteiger partial charge is 0.413 e. The molecule has 3 aromatic rings. The Labute approximate surface area is 194 Å². The highest BCUT2D eigenvalue weighted by Crippen LogP contribution is 2.39. The quantitative estimate of drug-likeness (QED) is 0.476. The van der Waals surface area contributed by atoms with Gasteiger partial charge in [-0.15, -0.1) is 0 Å². The summed E-state index contributed by atoms with van der Waals surface area (Å²) in [5.74, 6) is 2.07. The number of allylic oxidation sites excluding steroid dienone is 3. The molecular weight excluding hydrogens is 416 g/mol. The van der Waals surface area contributed by atoms with Crippen LogP contribution in [0.1, 0.15) is 69.4 Å². The maximum atomic E-state index is 12.5. The zero-order chi connectivity index (χ0) is 23.6. The van der Waals surface area contributed by atoms with Gasteiger partial charge >= 0.3 is 6.09 Å². The Bertz CT molecular complexity index is 1180. The molecule has 1 N–H and O–H groups in total. The number of hydrogen-bond acceptors (Lipinski definition) is 5. The molecular formula is C26H30N4O3. The van der Waals surface area contributed by atoms with Crippen LogP contribution < -0.4 is 5.32 Å². The summed E-state index contributed by atoms with van der Waals surface area (Å²) < 4.78 is 13.1. The predicted molar refractivity (Wildman–Crippen MR) is 129 cm³/mol. The Kier molecular flexibility index (Phi) is 6.22. The highest BCUT2D eigenvalue weighted by molar-refractivity contribution is 5.83. The van der Waals surface area contributed by atoms with Gasteiger partial charge in [0.25, 0.3) is 0 Å². The summed E-state index contributed by atoms with van der Waals surface area (Å²) in [4.78, 5) is 16.8. The van der Waals surface area contributed by atoms with E-state index in [0.29, 0.717) is 11.7 Å². The molecule has 4 rings (SSSR count). The number of aromatic nitrogens is 3. The van der Waals surface area contributed by atoms with E-state index in [9.17, 15) is 4.79 Å². The number of rotatable bonds is 6. The summed E-state index contributed by atoms with van der Waals surface area (Å²) in [5, 5.41) is 7.71. The molecule has 0 bridgehead atoms. The molecule has 7 heteroatoms. The lowest BCUT2D eigenvalue weighted by molar-refractivity contribution is 0.154. The number of hydrogen-bond donors (Lipinski definition) is 1. The molecule has 1 aliphatic rings. The average molecular weight is 447 g/mol. The molecule has 172 valence electrons. The van der Waals surface area contributed by atoms with Crippen LogP contribution in [0.3, 0.4) is 0 Å². The van der Waals surface area contributed by atoms with Crippen molar-refractivity contribution in [3.63, 3.8) is 0 Å². The maximum Gasteiger partial charge on any atom is 0.413 e. The minimum atomic E-state index is -0.507. The first kappa shape index (κ1) is 22.6. The van der Waals surface area contributed by atoms with Gasteiger partial charge in [-0.25, -0.2) is 14.5 Å². The third-order valence-corrected chi connectivity index (χ3v) is 5.50. The van der Waals surface area contributed by atoms with Crippen molar-refractivity contribution in [2.24, 2.45) is 0 Å². The molecule has 0 aliphatic heterocycles. The standard InChI is InChI=1S/C26H30N4O3/c1-17(2)24-27-15-22(33-24)20-12-11-19(13-20)21-14-23(30(29-21)26(3,4)5)28-25(31)32-16-18-9-7-6-8-10-18/h6-10,13-15,19H,1,11-12,16H2,2-5H3,(H,28,31). The van der Waals surface area contributed by atoms with E-state index >= 15 is 0 Å². The molecule has 1 unspecified atom stereocenters. The van der Waals surface area contributed by atoms with Gasteiger partial charge in [-0.1, -0.05) is 43.0 Å². The highest BCUT2D eigenvalue weighted by atomic mass is 16.5. The minimum Gasteiger partial charge on any atom is -0.444 e. The van der Waals surface area contributed by atoms with Gasteiger partial charge < -0.3 is 9.15 Å². The largest absolute Gasteiger partial charge is 0.444 e. The first-order valence-corrected chi connectivity index (χ1v) is 11.1. The number of nitrogens with zero attached hydrogens (tertiary/aromatic N) is 3. The Morgan fingerprint density at radius 1 is 1.30 bits per heavy atom. The molecule has 7 nitrogen and oxygen atoms in total. The van der Waals surface area contributed by atoms with Crippen LogP contribution in [0.25, 0.3) is 11.1 Å². The Hall–Kier alpha value is -3.61. The predicted octanol–water partition coefficient (Wildman–Crippen LogP) is 6.37. The summed E-state index contributed by atoms with van der Waals surface area (Å²) in [7, 11) is 0. The van der Waals surface area contributed by atoms with Crippen molar-refractivity contribution in [2.45, 2.75) is 58.6 Å². The van der Waals surface area contributed by atoms with Crippen LogP contribution >= 0.6 is 0 Å². The van der Waals surface area contributed by atoms with E-state index in [0.717, 1.165) is 41.0 Å². The van der Waals surface area contributed by atoms with Crippen LogP contribution in [0, 0.1) is 0 Å². The molecule has 0 spiro atoms. The van der Waals surface area contributed by atoms with Crippen molar-refractivity contribution in [1.29, 1.82) is 0 Å².